The molecular weight excluding hydrogens is 420 g/mol. The van der Waals surface area contributed by atoms with E-state index in [9.17, 15) is 13.2 Å². The summed E-state index contributed by atoms with van der Waals surface area (Å²) < 4.78 is 27.9. The molecule has 1 aliphatic carbocycles. The van der Waals surface area contributed by atoms with Gasteiger partial charge in [0.15, 0.2) is 0 Å². The molecule has 4 rings (SSSR count). The number of hydrogen-bond donors (Lipinski definition) is 1. The first-order chi connectivity index (χ1) is 15.5. The van der Waals surface area contributed by atoms with E-state index in [-0.39, 0.29) is 29.9 Å². The number of carbonyl (C=O) groups excluding carboxylic acids is 1. The Bertz CT molecular complexity index is 1150. The molecule has 3 aromatic rings. The number of benzene rings is 3. The monoisotopic (exact) mass is 448 g/mol. The van der Waals surface area contributed by atoms with Crippen LogP contribution < -0.4 is 5.32 Å². The molecule has 1 aliphatic rings. The number of amides is 1. The Morgan fingerprint density at radius 3 is 2.31 bits per heavy atom. The molecule has 0 fully saturated rings. The third-order valence-electron chi connectivity index (χ3n) is 5.90. The van der Waals surface area contributed by atoms with E-state index < -0.39 is 10.0 Å². The van der Waals surface area contributed by atoms with Gasteiger partial charge in [-0.15, -0.1) is 0 Å². The number of nitrogens with zero attached hydrogens (tertiary/aromatic N) is 1. The summed E-state index contributed by atoms with van der Waals surface area (Å²) in [5.74, 6) is -0.278. The molecule has 0 radical (unpaired) electrons. The van der Waals surface area contributed by atoms with Crippen LogP contribution in [0.2, 0.25) is 0 Å². The Balaban J connectivity index is 1.51. The first-order valence-corrected chi connectivity index (χ1v) is 12.4. The average molecular weight is 449 g/mol. The molecule has 0 heterocycles. The molecule has 0 spiro atoms. The summed E-state index contributed by atoms with van der Waals surface area (Å²) in [4.78, 5) is 13.2. The van der Waals surface area contributed by atoms with Gasteiger partial charge in [0.2, 0.25) is 15.9 Å². The zero-order valence-electron chi connectivity index (χ0n) is 18.0. The van der Waals surface area contributed by atoms with Gasteiger partial charge in [0.25, 0.3) is 0 Å². The fourth-order valence-electron chi connectivity index (χ4n) is 4.23. The van der Waals surface area contributed by atoms with Gasteiger partial charge in [0.05, 0.1) is 17.5 Å². The zero-order valence-corrected chi connectivity index (χ0v) is 18.8. The topological polar surface area (TPSA) is 66.5 Å². The van der Waals surface area contributed by atoms with Crippen LogP contribution in [0.1, 0.15) is 35.6 Å². The highest BCUT2D eigenvalue weighted by atomic mass is 32.2. The summed E-state index contributed by atoms with van der Waals surface area (Å²) in [5.41, 5.74) is 3.41. The lowest BCUT2D eigenvalue weighted by Crippen LogP contribution is -2.43. The summed E-state index contributed by atoms with van der Waals surface area (Å²) >= 11 is 0. The maximum atomic E-state index is 13.3. The van der Waals surface area contributed by atoms with Crippen LogP contribution in [0.4, 0.5) is 0 Å². The standard InChI is InChI=1S/C26H28N2O3S/c29-26(27-25-17-9-13-22-12-7-8-16-24(22)25)20-28(19-18-21-10-3-1-4-11-21)32(30,31)23-14-5-2-6-15-23/h1-8,10-12,14-16,25H,9,13,17-20H2,(H,27,29)/t25-/m0/s1. The van der Waals surface area contributed by atoms with Crippen molar-refractivity contribution in [1.82, 2.24) is 9.62 Å². The first-order valence-electron chi connectivity index (χ1n) is 11.0. The number of carbonyl (C=O) groups is 1. The van der Waals surface area contributed by atoms with Crippen molar-refractivity contribution in [3.63, 3.8) is 0 Å². The van der Waals surface area contributed by atoms with E-state index in [1.165, 1.54) is 9.87 Å². The van der Waals surface area contributed by atoms with Crippen LogP contribution in [-0.2, 0) is 27.7 Å². The minimum atomic E-state index is -3.80. The normalized spacial score (nSPS) is 15.8. The molecule has 0 bridgehead atoms. The predicted octanol–water partition coefficient (Wildman–Crippen LogP) is 4.11. The van der Waals surface area contributed by atoms with E-state index >= 15 is 0 Å². The molecule has 0 aromatic heterocycles. The molecule has 0 saturated heterocycles. The van der Waals surface area contributed by atoms with Crippen molar-refractivity contribution in [3.8, 4) is 0 Å². The summed E-state index contributed by atoms with van der Waals surface area (Å²) in [6, 6.07) is 26.1. The van der Waals surface area contributed by atoms with Gasteiger partial charge in [-0.2, -0.15) is 4.31 Å². The van der Waals surface area contributed by atoms with Gasteiger partial charge in [-0.3, -0.25) is 4.79 Å². The highest BCUT2D eigenvalue weighted by Crippen LogP contribution is 2.29. The minimum absolute atomic E-state index is 0.0807. The van der Waals surface area contributed by atoms with Gasteiger partial charge >= 0.3 is 0 Å². The number of aryl methyl sites for hydroxylation is 1. The van der Waals surface area contributed by atoms with Gasteiger partial charge in [-0.1, -0.05) is 72.8 Å². The Morgan fingerprint density at radius 1 is 0.906 bits per heavy atom. The number of hydrogen-bond acceptors (Lipinski definition) is 3. The molecule has 1 amide bonds. The Morgan fingerprint density at radius 2 is 1.56 bits per heavy atom. The van der Waals surface area contributed by atoms with Crippen molar-refractivity contribution in [3.05, 3.63) is 102 Å². The van der Waals surface area contributed by atoms with Gasteiger partial charge in [0, 0.05) is 6.54 Å². The van der Waals surface area contributed by atoms with E-state index in [2.05, 4.69) is 11.4 Å². The molecule has 3 aromatic carbocycles. The lowest BCUT2D eigenvalue weighted by Gasteiger charge is -2.28. The molecule has 1 atom stereocenters. The lowest BCUT2D eigenvalue weighted by molar-refractivity contribution is -0.122. The van der Waals surface area contributed by atoms with Crippen LogP contribution in [0.3, 0.4) is 0 Å². The second-order valence-electron chi connectivity index (χ2n) is 8.10. The fraction of sp³-hybridized carbons (Fsp3) is 0.269. The summed E-state index contributed by atoms with van der Waals surface area (Å²) in [5, 5.41) is 3.08. The van der Waals surface area contributed by atoms with Crippen LogP contribution in [0.15, 0.2) is 89.8 Å². The van der Waals surface area contributed by atoms with E-state index in [0.29, 0.717) is 6.42 Å². The molecule has 166 valence electrons. The molecule has 1 N–H and O–H groups in total. The van der Waals surface area contributed by atoms with Crippen molar-refractivity contribution >= 4 is 15.9 Å². The Hall–Kier alpha value is -2.96. The van der Waals surface area contributed by atoms with Crippen LogP contribution in [-0.4, -0.2) is 31.7 Å². The second kappa shape index (κ2) is 10.1. The van der Waals surface area contributed by atoms with Crippen molar-refractivity contribution in [2.45, 2.75) is 36.6 Å². The van der Waals surface area contributed by atoms with E-state index in [1.807, 2.05) is 48.5 Å². The van der Waals surface area contributed by atoms with Crippen molar-refractivity contribution < 1.29 is 13.2 Å². The maximum Gasteiger partial charge on any atom is 0.243 e. The van der Waals surface area contributed by atoms with Crippen molar-refractivity contribution in [1.29, 1.82) is 0 Å². The Kier molecular flexibility index (Phi) is 7.02. The van der Waals surface area contributed by atoms with Gasteiger partial charge in [-0.25, -0.2) is 8.42 Å². The van der Waals surface area contributed by atoms with Crippen LogP contribution in [0.25, 0.3) is 0 Å². The number of nitrogens with one attached hydrogen (secondary N) is 1. The van der Waals surface area contributed by atoms with Gasteiger partial charge < -0.3 is 5.32 Å². The third kappa shape index (κ3) is 5.26. The molecule has 0 unspecified atom stereocenters. The summed E-state index contributed by atoms with van der Waals surface area (Å²) in [7, 11) is -3.80. The van der Waals surface area contributed by atoms with E-state index in [1.54, 1.807) is 30.3 Å². The number of sulfonamides is 1. The molecule has 32 heavy (non-hydrogen) atoms. The largest absolute Gasteiger partial charge is 0.348 e. The van der Waals surface area contributed by atoms with Crippen molar-refractivity contribution in [2.24, 2.45) is 0 Å². The summed E-state index contributed by atoms with van der Waals surface area (Å²) in [6.07, 6.45) is 3.40. The van der Waals surface area contributed by atoms with Crippen molar-refractivity contribution in [2.75, 3.05) is 13.1 Å². The Labute approximate surface area is 190 Å². The second-order valence-corrected chi connectivity index (χ2v) is 10.0. The molecule has 0 saturated carbocycles. The highest BCUT2D eigenvalue weighted by Gasteiger charge is 2.28. The third-order valence-corrected chi connectivity index (χ3v) is 7.76. The first kappa shape index (κ1) is 22.2. The highest BCUT2D eigenvalue weighted by molar-refractivity contribution is 7.89. The van der Waals surface area contributed by atoms with Crippen LogP contribution in [0.5, 0.6) is 0 Å². The molecular formula is C26H28N2O3S. The smallest absolute Gasteiger partial charge is 0.243 e. The van der Waals surface area contributed by atoms with Gasteiger partial charge in [-0.05, 0) is 54.5 Å². The maximum absolute atomic E-state index is 13.3. The predicted molar refractivity (Wildman–Crippen MR) is 126 cm³/mol. The van der Waals surface area contributed by atoms with E-state index in [4.69, 9.17) is 0 Å². The minimum Gasteiger partial charge on any atom is -0.348 e. The SMILES string of the molecule is O=C(CN(CCc1ccccc1)S(=O)(=O)c1ccccc1)N[C@H]1CCCc2ccccc21. The molecule has 0 aliphatic heterocycles. The fourth-order valence-corrected chi connectivity index (χ4v) is 5.65. The quantitative estimate of drug-likeness (QED) is 0.564. The van der Waals surface area contributed by atoms with E-state index in [0.717, 1.165) is 30.4 Å². The molecule has 6 heteroatoms. The van der Waals surface area contributed by atoms with Crippen LogP contribution >= 0.6 is 0 Å². The number of rotatable bonds is 8. The van der Waals surface area contributed by atoms with Gasteiger partial charge in [0.1, 0.15) is 0 Å². The lowest BCUT2D eigenvalue weighted by atomic mass is 9.88. The average Bonchev–Trinajstić information content (AvgIpc) is 2.83. The number of fused-ring (bicyclic) bond motifs is 1. The molecule has 5 nitrogen and oxygen atoms in total. The summed E-state index contributed by atoms with van der Waals surface area (Å²) in [6.45, 7) is 0.0264. The zero-order chi connectivity index (χ0) is 22.4. The van der Waals surface area contributed by atoms with Crippen LogP contribution in [0, 0.1) is 0 Å².